The fourth-order valence-electron chi connectivity index (χ4n) is 3.43. The van der Waals surface area contributed by atoms with Crippen molar-refractivity contribution in [1.82, 2.24) is 10.1 Å². The van der Waals surface area contributed by atoms with Crippen LogP contribution in [0.1, 0.15) is 35.6 Å². The first-order valence-corrected chi connectivity index (χ1v) is 9.48. The van der Waals surface area contributed by atoms with Crippen LogP contribution in [0, 0.1) is 0 Å². The molecule has 3 unspecified atom stereocenters. The minimum absolute atomic E-state index is 0.0169. The van der Waals surface area contributed by atoms with Gasteiger partial charge in [-0.1, -0.05) is 35.3 Å². The Labute approximate surface area is 152 Å². The van der Waals surface area contributed by atoms with Gasteiger partial charge in [-0.15, -0.1) is 0 Å². The van der Waals surface area contributed by atoms with Crippen LogP contribution in [-0.2, 0) is 23.3 Å². The van der Waals surface area contributed by atoms with E-state index in [4.69, 9.17) is 4.52 Å². The Kier molecular flexibility index (Phi) is 5.58. The lowest BCUT2D eigenvalue weighted by molar-refractivity contribution is 0.0968. The summed E-state index contributed by atoms with van der Waals surface area (Å²) in [4.78, 5) is 24.3. The normalized spacial score (nSPS) is 21.5. The third-order valence-corrected chi connectivity index (χ3v) is 5.25. The van der Waals surface area contributed by atoms with Crippen molar-refractivity contribution in [3.63, 3.8) is 0 Å². The van der Waals surface area contributed by atoms with Crippen molar-refractivity contribution in [2.45, 2.75) is 37.0 Å². The molecule has 140 valence electrons. The molecule has 0 saturated carbocycles. The number of amides is 1. The number of piperidine rings is 1. The van der Waals surface area contributed by atoms with Crippen LogP contribution in [0.15, 0.2) is 39.6 Å². The van der Waals surface area contributed by atoms with Crippen LogP contribution in [0.2, 0.25) is 0 Å². The van der Waals surface area contributed by atoms with Crippen molar-refractivity contribution in [1.29, 1.82) is 0 Å². The van der Waals surface area contributed by atoms with Gasteiger partial charge in [-0.05, 0) is 30.4 Å². The zero-order chi connectivity index (χ0) is 18.7. The van der Waals surface area contributed by atoms with E-state index in [2.05, 4.69) is 5.16 Å². The second kappa shape index (κ2) is 7.88. The number of likely N-dealkylation sites (tertiary alicyclic amines) is 1. The molecule has 0 spiro atoms. The van der Waals surface area contributed by atoms with E-state index in [9.17, 15) is 23.5 Å². The molecule has 1 aromatic heterocycles. The van der Waals surface area contributed by atoms with Gasteiger partial charge in [0.25, 0.3) is 5.56 Å². The number of hydrogen-bond acceptors (Lipinski definition) is 5. The van der Waals surface area contributed by atoms with Crippen LogP contribution >= 0.6 is 0 Å². The molecule has 2 N–H and O–H groups in total. The first-order chi connectivity index (χ1) is 12.4. The zero-order valence-corrected chi connectivity index (χ0v) is 14.7. The maximum Gasteiger partial charge on any atom is 0.407 e. The summed E-state index contributed by atoms with van der Waals surface area (Å²) in [6.45, 7) is 0.368. The molecule has 8 nitrogen and oxygen atoms in total. The smallest absolute Gasteiger partial charge is 0.407 e. The second-order valence-corrected chi connectivity index (χ2v) is 7.33. The topological polar surface area (TPSA) is 127 Å². The largest absolute Gasteiger partial charge is 0.772 e. The summed E-state index contributed by atoms with van der Waals surface area (Å²) in [5.41, 5.74) is 1.31. The van der Waals surface area contributed by atoms with E-state index in [1.54, 1.807) is 12.1 Å². The van der Waals surface area contributed by atoms with Gasteiger partial charge >= 0.3 is 6.09 Å². The van der Waals surface area contributed by atoms with Crippen molar-refractivity contribution in [2.75, 3.05) is 6.54 Å². The summed E-state index contributed by atoms with van der Waals surface area (Å²) >= 11 is -2.14. The first-order valence-electron chi connectivity index (χ1n) is 8.24. The summed E-state index contributed by atoms with van der Waals surface area (Å²) in [6.07, 6.45) is 0.692. The van der Waals surface area contributed by atoms with Crippen LogP contribution in [0.4, 0.5) is 4.79 Å². The average Bonchev–Trinajstić information content (AvgIpc) is 3.02. The molecule has 2 heterocycles. The van der Waals surface area contributed by atoms with Gasteiger partial charge in [0.15, 0.2) is 0 Å². The molecule has 2 aromatic rings. The predicted octanol–water partition coefficient (Wildman–Crippen LogP) is 1.82. The summed E-state index contributed by atoms with van der Waals surface area (Å²) in [5, 5.41) is 11.7. The Morgan fingerprint density at radius 1 is 1.35 bits per heavy atom. The number of hydrogen-bond donors (Lipinski definition) is 2. The number of H-pyrrole nitrogens is 1. The lowest BCUT2D eigenvalue weighted by Crippen LogP contribution is -2.46. The molecule has 1 amide bonds. The lowest BCUT2D eigenvalue weighted by Gasteiger charge is -2.37. The van der Waals surface area contributed by atoms with E-state index in [-0.39, 0.29) is 23.3 Å². The number of aromatic amines is 1. The van der Waals surface area contributed by atoms with Gasteiger partial charge in [-0.2, -0.15) is 5.16 Å². The summed E-state index contributed by atoms with van der Waals surface area (Å²) in [7, 11) is 0. The Morgan fingerprint density at radius 2 is 2.04 bits per heavy atom. The highest BCUT2D eigenvalue weighted by Crippen LogP contribution is 2.32. The second-order valence-electron chi connectivity index (χ2n) is 6.43. The molecule has 26 heavy (non-hydrogen) atoms. The number of carbonyl (C=O) groups is 1. The minimum Gasteiger partial charge on any atom is -0.772 e. The first kappa shape index (κ1) is 18.4. The van der Waals surface area contributed by atoms with Crippen LogP contribution in [0.3, 0.4) is 0 Å². The number of benzene rings is 1. The minimum atomic E-state index is -2.14. The fraction of sp³-hybridized carbons (Fsp3) is 0.412. The number of nitrogens with one attached hydrogen (secondary N) is 1. The maximum absolute atomic E-state index is 11.6. The quantitative estimate of drug-likeness (QED) is 0.763. The summed E-state index contributed by atoms with van der Waals surface area (Å²) in [6, 6.07) is 8.29. The van der Waals surface area contributed by atoms with Crippen LogP contribution in [0.5, 0.6) is 0 Å². The van der Waals surface area contributed by atoms with E-state index in [1.165, 1.54) is 11.0 Å². The van der Waals surface area contributed by atoms with Gasteiger partial charge in [0.1, 0.15) is 5.76 Å². The third-order valence-electron chi connectivity index (χ3n) is 4.69. The van der Waals surface area contributed by atoms with Gasteiger partial charge in [0.05, 0.1) is 0 Å². The van der Waals surface area contributed by atoms with E-state index < -0.39 is 17.2 Å². The molecular formula is C17H19N2O6S-. The number of rotatable bonds is 5. The predicted molar refractivity (Wildman–Crippen MR) is 92.6 cm³/mol. The maximum atomic E-state index is 11.6. The van der Waals surface area contributed by atoms with Crippen molar-refractivity contribution >= 4 is 17.2 Å². The number of carboxylic acid groups (broad SMARTS) is 1. The molecule has 1 aromatic carbocycles. The van der Waals surface area contributed by atoms with Crippen molar-refractivity contribution in [3.05, 3.63) is 57.6 Å². The SMILES string of the molecule is O=C(O)N1CCC(c2cc(=O)[nH]o2)CC1Cc1ccc(CS(=O)[O-])cc1. The van der Waals surface area contributed by atoms with Gasteiger partial charge in [0, 0.05) is 30.3 Å². The molecule has 1 aliphatic rings. The van der Waals surface area contributed by atoms with E-state index >= 15 is 0 Å². The van der Waals surface area contributed by atoms with Gasteiger partial charge in [-0.3, -0.25) is 9.00 Å². The van der Waals surface area contributed by atoms with Crippen molar-refractivity contribution in [2.24, 2.45) is 0 Å². The van der Waals surface area contributed by atoms with E-state index in [1.807, 2.05) is 12.1 Å². The van der Waals surface area contributed by atoms with Crippen molar-refractivity contribution in [3.8, 4) is 0 Å². The zero-order valence-electron chi connectivity index (χ0n) is 13.9. The highest BCUT2D eigenvalue weighted by Gasteiger charge is 2.33. The van der Waals surface area contributed by atoms with Crippen LogP contribution < -0.4 is 5.56 Å². The Hall–Kier alpha value is -2.39. The fourth-order valence-corrected chi connectivity index (χ4v) is 3.90. The Morgan fingerprint density at radius 3 is 2.62 bits per heavy atom. The third kappa shape index (κ3) is 4.41. The highest BCUT2D eigenvalue weighted by atomic mass is 32.2. The van der Waals surface area contributed by atoms with Crippen molar-refractivity contribution < 1.29 is 23.2 Å². The standard InChI is InChI=1S/C17H20N2O6S/c20-16-9-15(25-18-16)13-5-6-19(17(21)22)14(8-13)7-11-1-3-12(4-2-11)10-26(23)24/h1-4,9,13-14H,5-8,10H2,(H,18,20)(H,21,22)(H,23,24)/p-1. The molecule has 3 rings (SSSR count). The molecule has 1 aliphatic heterocycles. The van der Waals surface area contributed by atoms with Gasteiger partial charge < -0.3 is 19.1 Å². The van der Waals surface area contributed by atoms with Crippen LogP contribution in [0.25, 0.3) is 0 Å². The summed E-state index contributed by atoms with van der Waals surface area (Å²) in [5.74, 6) is 0.495. The molecule has 3 atom stereocenters. The van der Waals surface area contributed by atoms with E-state index in [0.717, 1.165) is 5.56 Å². The van der Waals surface area contributed by atoms with Gasteiger partial charge in [0.2, 0.25) is 0 Å². The highest BCUT2D eigenvalue weighted by molar-refractivity contribution is 7.78. The molecule has 0 bridgehead atoms. The molecule has 9 heteroatoms. The monoisotopic (exact) mass is 379 g/mol. The molecule has 0 radical (unpaired) electrons. The average molecular weight is 379 g/mol. The van der Waals surface area contributed by atoms with E-state index in [0.29, 0.717) is 37.1 Å². The molecular weight excluding hydrogens is 360 g/mol. The number of nitrogens with zero attached hydrogens (tertiary/aromatic N) is 1. The van der Waals surface area contributed by atoms with Crippen LogP contribution in [-0.4, -0.2) is 42.6 Å². The number of aromatic nitrogens is 1. The summed E-state index contributed by atoms with van der Waals surface area (Å²) < 4.78 is 26.7. The molecule has 0 aliphatic carbocycles. The van der Waals surface area contributed by atoms with Gasteiger partial charge in [-0.25, -0.2) is 4.79 Å². The molecule has 1 fully saturated rings. The molecule has 1 saturated heterocycles. The Bertz CT molecular complexity index is 843. The Balaban J connectivity index is 1.74. The lowest BCUT2D eigenvalue weighted by atomic mass is 9.86.